The van der Waals surface area contributed by atoms with Crippen LogP contribution in [0.5, 0.6) is 0 Å². The van der Waals surface area contributed by atoms with E-state index >= 15 is 0 Å². The SMILES string of the molecule is Cl.O=C(O)C1CNCCN1c1nc2ncccc2[nH]1. The maximum atomic E-state index is 11.2. The van der Waals surface area contributed by atoms with Crippen molar-refractivity contribution in [1.29, 1.82) is 0 Å². The first-order valence-corrected chi connectivity index (χ1v) is 5.76. The Kier molecular flexibility index (Phi) is 3.87. The number of hydrogen-bond donors (Lipinski definition) is 3. The lowest BCUT2D eigenvalue weighted by Gasteiger charge is -2.33. The number of anilines is 1. The molecule has 3 heterocycles. The van der Waals surface area contributed by atoms with E-state index in [1.165, 1.54) is 0 Å². The number of carbonyl (C=O) groups is 1. The van der Waals surface area contributed by atoms with Gasteiger partial charge >= 0.3 is 5.97 Å². The lowest BCUT2D eigenvalue weighted by molar-refractivity contribution is -0.138. The smallest absolute Gasteiger partial charge is 0.327 e. The maximum absolute atomic E-state index is 11.2. The molecule has 1 aliphatic heterocycles. The summed E-state index contributed by atoms with van der Waals surface area (Å²) in [6.07, 6.45) is 1.67. The van der Waals surface area contributed by atoms with Crippen molar-refractivity contribution in [3.8, 4) is 0 Å². The van der Waals surface area contributed by atoms with Crippen LogP contribution < -0.4 is 10.2 Å². The third-order valence-electron chi connectivity index (χ3n) is 3.05. The predicted octanol–water partition coefficient (Wildman–Crippen LogP) is 0.242. The minimum atomic E-state index is -0.851. The van der Waals surface area contributed by atoms with Crippen LogP contribution >= 0.6 is 12.4 Å². The van der Waals surface area contributed by atoms with Gasteiger partial charge in [0.2, 0.25) is 5.95 Å². The summed E-state index contributed by atoms with van der Waals surface area (Å²) in [7, 11) is 0. The molecule has 0 saturated carbocycles. The molecular weight excluding hydrogens is 270 g/mol. The number of aliphatic carboxylic acids is 1. The zero-order valence-electron chi connectivity index (χ0n) is 10.0. The zero-order chi connectivity index (χ0) is 12.5. The fraction of sp³-hybridized carbons (Fsp3) is 0.364. The molecule has 3 N–H and O–H groups in total. The van der Waals surface area contributed by atoms with Crippen molar-refractivity contribution >= 4 is 35.5 Å². The fourth-order valence-corrected chi connectivity index (χ4v) is 2.15. The van der Waals surface area contributed by atoms with Crippen molar-refractivity contribution in [1.82, 2.24) is 20.3 Å². The molecule has 0 bridgehead atoms. The summed E-state index contributed by atoms with van der Waals surface area (Å²) in [5.74, 6) is -0.284. The number of hydrogen-bond acceptors (Lipinski definition) is 5. The van der Waals surface area contributed by atoms with Crippen molar-refractivity contribution in [2.45, 2.75) is 6.04 Å². The number of aromatic nitrogens is 3. The Labute approximate surface area is 115 Å². The Balaban J connectivity index is 0.00000133. The van der Waals surface area contributed by atoms with Crippen molar-refractivity contribution in [3.05, 3.63) is 18.3 Å². The van der Waals surface area contributed by atoms with Gasteiger partial charge in [0.15, 0.2) is 5.65 Å². The van der Waals surface area contributed by atoms with Crippen LogP contribution in [0.2, 0.25) is 0 Å². The second kappa shape index (κ2) is 5.41. The molecule has 3 rings (SSSR count). The third kappa shape index (κ3) is 2.47. The molecule has 0 aliphatic carbocycles. The lowest BCUT2D eigenvalue weighted by Crippen LogP contribution is -2.55. The average Bonchev–Trinajstić information content (AvgIpc) is 2.82. The largest absolute Gasteiger partial charge is 0.480 e. The van der Waals surface area contributed by atoms with Gasteiger partial charge in [0.25, 0.3) is 0 Å². The van der Waals surface area contributed by atoms with Crippen LogP contribution in [0, 0.1) is 0 Å². The highest BCUT2D eigenvalue weighted by molar-refractivity contribution is 5.85. The Morgan fingerprint density at radius 2 is 2.37 bits per heavy atom. The summed E-state index contributed by atoms with van der Waals surface area (Å²) >= 11 is 0. The van der Waals surface area contributed by atoms with Gasteiger partial charge in [-0.05, 0) is 12.1 Å². The highest BCUT2D eigenvalue weighted by Crippen LogP contribution is 2.18. The van der Waals surface area contributed by atoms with Crippen molar-refractivity contribution < 1.29 is 9.90 Å². The topological polar surface area (TPSA) is 94.1 Å². The number of rotatable bonds is 2. The summed E-state index contributed by atoms with van der Waals surface area (Å²) in [5.41, 5.74) is 1.42. The van der Waals surface area contributed by atoms with Crippen molar-refractivity contribution in [2.75, 3.05) is 24.5 Å². The molecule has 1 unspecified atom stereocenters. The molecule has 2 aromatic rings. The van der Waals surface area contributed by atoms with E-state index in [1.54, 1.807) is 11.1 Å². The standard InChI is InChI=1S/C11H13N5O2.ClH/c17-10(18)8-6-12-4-5-16(8)11-14-7-2-1-3-13-9(7)15-11;/h1-3,8,12H,4-6H2,(H,17,18)(H,13,14,15);1H. The predicted molar refractivity (Wildman–Crippen MR) is 72.8 cm³/mol. The van der Waals surface area contributed by atoms with Crippen LogP contribution in [0.3, 0.4) is 0 Å². The van der Waals surface area contributed by atoms with Gasteiger partial charge in [-0.15, -0.1) is 12.4 Å². The van der Waals surface area contributed by atoms with Gasteiger partial charge in [0.1, 0.15) is 6.04 Å². The third-order valence-corrected chi connectivity index (χ3v) is 3.05. The first kappa shape index (κ1) is 13.6. The van der Waals surface area contributed by atoms with E-state index in [4.69, 9.17) is 0 Å². The number of fused-ring (bicyclic) bond motifs is 1. The Bertz CT molecular complexity index is 554. The quantitative estimate of drug-likeness (QED) is 0.731. The number of nitrogens with zero attached hydrogens (tertiary/aromatic N) is 3. The number of pyridine rings is 1. The number of carboxylic acids is 1. The zero-order valence-corrected chi connectivity index (χ0v) is 10.9. The van der Waals surface area contributed by atoms with Gasteiger partial charge in [0, 0.05) is 25.8 Å². The number of carboxylic acid groups (broad SMARTS) is 1. The molecule has 1 fully saturated rings. The van der Waals surface area contributed by atoms with Gasteiger partial charge in [-0.25, -0.2) is 9.78 Å². The average molecular weight is 284 g/mol. The molecule has 1 atom stereocenters. The lowest BCUT2D eigenvalue weighted by atomic mass is 10.2. The summed E-state index contributed by atoms with van der Waals surface area (Å²) in [4.78, 5) is 24.6. The molecule has 102 valence electrons. The molecule has 19 heavy (non-hydrogen) atoms. The normalized spacial score (nSPS) is 19.2. The van der Waals surface area contributed by atoms with E-state index in [0.29, 0.717) is 24.7 Å². The van der Waals surface area contributed by atoms with Gasteiger partial charge in [0.05, 0.1) is 5.52 Å². The Morgan fingerprint density at radius 3 is 3.11 bits per heavy atom. The van der Waals surface area contributed by atoms with Gasteiger partial charge in [-0.1, -0.05) is 0 Å². The van der Waals surface area contributed by atoms with Crippen LogP contribution in [-0.2, 0) is 4.79 Å². The highest BCUT2D eigenvalue weighted by Gasteiger charge is 2.30. The molecular formula is C11H14ClN5O2. The molecule has 0 amide bonds. The number of halogens is 1. The van der Waals surface area contributed by atoms with Crippen LogP contribution in [0.1, 0.15) is 0 Å². The van der Waals surface area contributed by atoms with Gasteiger partial charge in [-0.2, -0.15) is 4.98 Å². The number of nitrogens with one attached hydrogen (secondary N) is 2. The van der Waals surface area contributed by atoms with Crippen LogP contribution in [-0.4, -0.2) is 51.7 Å². The summed E-state index contributed by atoms with van der Waals surface area (Å²) in [6.45, 7) is 1.77. The minimum absolute atomic E-state index is 0. The van der Waals surface area contributed by atoms with E-state index in [-0.39, 0.29) is 12.4 Å². The second-order valence-electron chi connectivity index (χ2n) is 4.19. The Hall–Kier alpha value is -1.86. The molecule has 2 aromatic heterocycles. The van der Waals surface area contributed by atoms with Gasteiger partial charge in [-0.3, -0.25) is 0 Å². The number of aromatic amines is 1. The van der Waals surface area contributed by atoms with E-state index in [1.807, 2.05) is 12.1 Å². The number of piperazine rings is 1. The van der Waals surface area contributed by atoms with Gasteiger partial charge < -0.3 is 20.3 Å². The molecule has 0 radical (unpaired) electrons. The van der Waals surface area contributed by atoms with E-state index in [0.717, 1.165) is 12.1 Å². The molecule has 1 saturated heterocycles. The van der Waals surface area contributed by atoms with Crippen LogP contribution in [0.4, 0.5) is 5.95 Å². The number of imidazole rings is 1. The monoisotopic (exact) mass is 283 g/mol. The molecule has 0 spiro atoms. The summed E-state index contributed by atoms with van der Waals surface area (Å²) in [5, 5.41) is 12.3. The second-order valence-corrected chi connectivity index (χ2v) is 4.19. The molecule has 8 heteroatoms. The van der Waals surface area contributed by atoms with Crippen LogP contribution in [0.15, 0.2) is 18.3 Å². The van der Waals surface area contributed by atoms with Crippen molar-refractivity contribution in [3.63, 3.8) is 0 Å². The van der Waals surface area contributed by atoms with E-state index in [2.05, 4.69) is 20.3 Å². The minimum Gasteiger partial charge on any atom is -0.480 e. The fourth-order valence-electron chi connectivity index (χ4n) is 2.15. The summed E-state index contributed by atoms with van der Waals surface area (Å²) in [6, 6.07) is 3.09. The number of H-pyrrole nitrogens is 1. The maximum Gasteiger partial charge on any atom is 0.327 e. The van der Waals surface area contributed by atoms with Crippen LogP contribution in [0.25, 0.3) is 11.2 Å². The Morgan fingerprint density at radius 1 is 1.53 bits per heavy atom. The first-order chi connectivity index (χ1) is 8.75. The molecule has 0 aromatic carbocycles. The van der Waals surface area contributed by atoms with E-state index in [9.17, 15) is 9.90 Å². The molecule has 7 nitrogen and oxygen atoms in total. The molecule has 1 aliphatic rings. The van der Waals surface area contributed by atoms with E-state index < -0.39 is 12.0 Å². The highest BCUT2D eigenvalue weighted by atomic mass is 35.5. The summed E-state index contributed by atoms with van der Waals surface area (Å²) < 4.78 is 0. The van der Waals surface area contributed by atoms with Crippen molar-refractivity contribution in [2.24, 2.45) is 0 Å². The first-order valence-electron chi connectivity index (χ1n) is 5.76.